The van der Waals surface area contributed by atoms with Crippen molar-refractivity contribution < 1.29 is 14.3 Å². The molecule has 2 amide bonds. The molecule has 0 atom stereocenters. The fraction of sp³-hybridized carbons (Fsp3) is 0.476. The van der Waals surface area contributed by atoms with Crippen LogP contribution in [-0.2, 0) is 17.8 Å². The Morgan fingerprint density at radius 3 is 2.61 bits per heavy atom. The number of imidazole rings is 1. The van der Waals surface area contributed by atoms with Crippen LogP contribution in [0.15, 0.2) is 36.5 Å². The summed E-state index contributed by atoms with van der Waals surface area (Å²) in [6.45, 7) is 4.00. The van der Waals surface area contributed by atoms with Crippen LogP contribution in [0, 0.1) is 5.92 Å². The molecular formula is C21H26N4O3. The Balaban J connectivity index is 1.43. The second kappa shape index (κ2) is 8.14. The molecule has 0 saturated carbocycles. The number of aromatic nitrogens is 2. The predicted octanol–water partition coefficient (Wildman–Crippen LogP) is 2.04. The first-order chi connectivity index (χ1) is 13.7. The second-order valence-corrected chi connectivity index (χ2v) is 7.55. The molecule has 0 unspecified atom stereocenters. The quantitative estimate of drug-likeness (QED) is 0.794. The Morgan fingerprint density at radius 2 is 1.89 bits per heavy atom. The Labute approximate surface area is 164 Å². The van der Waals surface area contributed by atoms with Gasteiger partial charge in [-0.1, -0.05) is 30.3 Å². The van der Waals surface area contributed by atoms with Crippen molar-refractivity contribution in [2.75, 3.05) is 33.4 Å². The molecule has 1 aromatic heterocycles. The summed E-state index contributed by atoms with van der Waals surface area (Å²) >= 11 is 0. The van der Waals surface area contributed by atoms with E-state index >= 15 is 0 Å². The zero-order chi connectivity index (χ0) is 19.5. The van der Waals surface area contributed by atoms with Crippen molar-refractivity contribution in [2.24, 2.45) is 5.92 Å². The molecule has 0 spiro atoms. The van der Waals surface area contributed by atoms with Gasteiger partial charge in [-0.3, -0.25) is 9.59 Å². The largest absolute Gasteiger partial charge is 0.384 e. The van der Waals surface area contributed by atoms with Crippen LogP contribution in [-0.4, -0.2) is 64.5 Å². The molecule has 3 heterocycles. The summed E-state index contributed by atoms with van der Waals surface area (Å²) in [6, 6.07) is 9.92. The monoisotopic (exact) mass is 382 g/mol. The van der Waals surface area contributed by atoms with E-state index in [4.69, 9.17) is 4.74 Å². The summed E-state index contributed by atoms with van der Waals surface area (Å²) in [6.07, 6.45) is 3.62. The molecule has 0 aliphatic carbocycles. The minimum absolute atomic E-state index is 0.0832. The second-order valence-electron chi connectivity index (χ2n) is 7.55. The number of fused-ring (bicyclic) bond motifs is 1. The molecule has 4 rings (SSSR count). The number of rotatable bonds is 5. The van der Waals surface area contributed by atoms with Gasteiger partial charge in [-0.25, -0.2) is 4.98 Å². The van der Waals surface area contributed by atoms with Crippen molar-refractivity contribution in [2.45, 2.75) is 25.9 Å². The van der Waals surface area contributed by atoms with Crippen LogP contribution >= 0.6 is 0 Å². The lowest BCUT2D eigenvalue weighted by molar-refractivity contribution is 0.0608. The van der Waals surface area contributed by atoms with Crippen molar-refractivity contribution >= 4 is 11.8 Å². The number of methoxy groups -OCH3 is 1. The topological polar surface area (TPSA) is 67.7 Å². The van der Waals surface area contributed by atoms with Gasteiger partial charge in [-0.15, -0.1) is 0 Å². The highest BCUT2D eigenvalue weighted by molar-refractivity contribution is 5.96. The fourth-order valence-electron chi connectivity index (χ4n) is 3.99. The summed E-state index contributed by atoms with van der Waals surface area (Å²) in [5.41, 5.74) is 1.46. The molecule has 0 bridgehead atoms. The van der Waals surface area contributed by atoms with Crippen molar-refractivity contribution in [1.82, 2.24) is 19.4 Å². The zero-order valence-electron chi connectivity index (χ0n) is 16.2. The maximum atomic E-state index is 12.9. The third-order valence-electron chi connectivity index (χ3n) is 5.61. The van der Waals surface area contributed by atoms with Crippen molar-refractivity contribution in [1.29, 1.82) is 0 Å². The number of ether oxygens (including phenoxy) is 1. The van der Waals surface area contributed by atoms with Crippen molar-refractivity contribution in [3.63, 3.8) is 0 Å². The highest BCUT2D eigenvalue weighted by Crippen LogP contribution is 2.21. The minimum atomic E-state index is -0.118. The third-order valence-corrected chi connectivity index (χ3v) is 5.61. The molecule has 1 fully saturated rings. The molecule has 7 heteroatoms. The first-order valence-corrected chi connectivity index (χ1v) is 9.84. The molecule has 148 valence electrons. The van der Waals surface area contributed by atoms with E-state index < -0.39 is 0 Å². The molecule has 2 aliphatic rings. The van der Waals surface area contributed by atoms with Crippen LogP contribution < -0.4 is 0 Å². The summed E-state index contributed by atoms with van der Waals surface area (Å²) in [4.78, 5) is 33.8. The molecule has 7 nitrogen and oxygen atoms in total. The highest BCUT2D eigenvalue weighted by Gasteiger charge is 2.30. The van der Waals surface area contributed by atoms with Crippen LogP contribution in [0.4, 0.5) is 0 Å². The minimum Gasteiger partial charge on any atom is -0.384 e. The molecule has 2 aromatic rings. The van der Waals surface area contributed by atoms with Crippen LogP contribution in [0.25, 0.3) is 0 Å². The van der Waals surface area contributed by atoms with Crippen LogP contribution in [0.1, 0.15) is 39.5 Å². The third kappa shape index (κ3) is 3.80. The summed E-state index contributed by atoms with van der Waals surface area (Å²) in [5.74, 6) is 0.672. The van der Waals surface area contributed by atoms with Gasteiger partial charge in [-0.2, -0.15) is 0 Å². The molecular weight excluding hydrogens is 356 g/mol. The number of likely N-dealkylation sites (tertiary alicyclic amines) is 1. The lowest BCUT2D eigenvalue weighted by Crippen LogP contribution is -2.40. The Morgan fingerprint density at radius 1 is 1.14 bits per heavy atom. The number of hydrogen-bond acceptors (Lipinski definition) is 4. The number of piperidine rings is 1. The number of nitrogens with zero attached hydrogens (tertiary/aromatic N) is 4. The van der Waals surface area contributed by atoms with E-state index in [1.165, 1.54) is 0 Å². The Kier molecular flexibility index (Phi) is 5.43. The van der Waals surface area contributed by atoms with E-state index in [-0.39, 0.29) is 11.8 Å². The Bertz CT molecular complexity index is 841. The normalized spacial score (nSPS) is 17.7. The summed E-state index contributed by atoms with van der Waals surface area (Å²) < 4.78 is 7.03. The molecule has 2 aliphatic heterocycles. The number of benzene rings is 1. The first kappa shape index (κ1) is 18.7. The summed E-state index contributed by atoms with van der Waals surface area (Å²) in [7, 11) is 1.71. The smallest absolute Gasteiger partial charge is 0.290 e. The van der Waals surface area contributed by atoms with E-state index in [9.17, 15) is 9.59 Å². The van der Waals surface area contributed by atoms with E-state index in [1.807, 2.05) is 39.8 Å². The van der Waals surface area contributed by atoms with Crippen LogP contribution in [0.2, 0.25) is 0 Å². The standard InChI is InChI=1S/C21H26N4O3/c1-28-15-17-7-9-23(10-8-17)20(26)18-14-24-11-12-25(21(27)19(24)22-18)13-16-5-3-2-4-6-16/h2-6,14,17H,7-13,15H2,1H3. The molecule has 0 radical (unpaired) electrons. The van der Waals surface area contributed by atoms with E-state index in [1.54, 1.807) is 18.2 Å². The summed E-state index contributed by atoms with van der Waals surface area (Å²) in [5, 5.41) is 0. The maximum absolute atomic E-state index is 12.9. The number of carbonyl (C=O) groups is 2. The van der Waals surface area contributed by atoms with Gasteiger partial charge in [0.15, 0.2) is 5.82 Å². The van der Waals surface area contributed by atoms with E-state index in [0.29, 0.717) is 50.2 Å². The van der Waals surface area contributed by atoms with Gasteiger partial charge in [-0.05, 0) is 24.3 Å². The van der Waals surface area contributed by atoms with Gasteiger partial charge < -0.3 is 19.1 Å². The van der Waals surface area contributed by atoms with E-state index in [0.717, 1.165) is 25.0 Å². The number of carbonyl (C=O) groups excluding carboxylic acids is 2. The average Bonchev–Trinajstić information content (AvgIpc) is 3.16. The van der Waals surface area contributed by atoms with Crippen molar-refractivity contribution in [3.8, 4) is 0 Å². The lowest BCUT2D eigenvalue weighted by atomic mass is 9.97. The van der Waals surface area contributed by atoms with Gasteiger partial charge in [0.05, 0.1) is 0 Å². The van der Waals surface area contributed by atoms with Crippen LogP contribution in [0.5, 0.6) is 0 Å². The van der Waals surface area contributed by atoms with Crippen molar-refractivity contribution in [3.05, 3.63) is 53.6 Å². The number of hydrogen-bond donors (Lipinski definition) is 0. The fourth-order valence-corrected chi connectivity index (χ4v) is 3.99. The molecule has 28 heavy (non-hydrogen) atoms. The Hall–Kier alpha value is -2.67. The van der Waals surface area contributed by atoms with E-state index in [2.05, 4.69) is 4.98 Å². The number of amides is 2. The SMILES string of the molecule is COCC1CCN(C(=O)c2cn3c(n2)C(=O)N(Cc2ccccc2)CC3)CC1. The van der Waals surface area contributed by atoms with Gasteiger partial charge >= 0.3 is 0 Å². The van der Waals surface area contributed by atoms with Gasteiger partial charge in [0.2, 0.25) is 0 Å². The van der Waals surface area contributed by atoms with Gasteiger partial charge in [0.1, 0.15) is 5.69 Å². The molecule has 1 saturated heterocycles. The average molecular weight is 382 g/mol. The predicted molar refractivity (Wildman–Crippen MR) is 104 cm³/mol. The maximum Gasteiger partial charge on any atom is 0.290 e. The highest BCUT2D eigenvalue weighted by atomic mass is 16.5. The van der Waals surface area contributed by atoms with Crippen LogP contribution in [0.3, 0.4) is 0 Å². The van der Waals surface area contributed by atoms with Gasteiger partial charge in [0, 0.05) is 52.6 Å². The first-order valence-electron chi connectivity index (χ1n) is 9.84. The lowest BCUT2D eigenvalue weighted by Gasteiger charge is -2.31. The molecule has 1 aromatic carbocycles. The van der Waals surface area contributed by atoms with Gasteiger partial charge in [0.25, 0.3) is 11.8 Å². The zero-order valence-corrected chi connectivity index (χ0v) is 16.2. The molecule has 0 N–H and O–H groups in total.